The van der Waals surface area contributed by atoms with E-state index in [0.717, 1.165) is 11.0 Å². The van der Waals surface area contributed by atoms with Gasteiger partial charge >= 0.3 is 0 Å². The molecule has 158 valence electrons. The average molecular weight is 432 g/mol. The van der Waals surface area contributed by atoms with Crippen LogP contribution < -0.4 is 0 Å². The quantitative estimate of drug-likeness (QED) is 0.196. The Bertz CT molecular complexity index is 1740. The molecule has 0 fully saturated rings. The number of fused-ring (bicyclic) bond motifs is 6. The van der Waals surface area contributed by atoms with Crippen LogP contribution in [0.4, 0.5) is 0 Å². The third-order valence-corrected chi connectivity index (χ3v) is 6.84. The van der Waals surface area contributed by atoms with E-state index in [1.807, 2.05) is 0 Å². The number of hydrogen-bond acceptors (Lipinski definition) is 1. The molecule has 1 heterocycles. The van der Waals surface area contributed by atoms with Crippen molar-refractivity contribution >= 4 is 43.4 Å². The van der Waals surface area contributed by atoms with E-state index in [2.05, 4.69) is 127 Å². The molecule has 0 aliphatic heterocycles. The van der Waals surface area contributed by atoms with E-state index in [9.17, 15) is 0 Å². The van der Waals surface area contributed by atoms with Gasteiger partial charge in [-0.1, -0.05) is 127 Å². The van der Waals surface area contributed by atoms with Crippen LogP contribution in [0.2, 0.25) is 0 Å². The second kappa shape index (κ2) is 7.54. The maximum absolute atomic E-state index is 5.29. The van der Waals surface area contributed by atoms with Gasteiger partial charge in [0, 0.05) is 27.1 Å². The van der Waals surface area contributed by atoms with Crippen molar-refractivity contribution in [2.75, 3.05) is 0 Å². The topological polar surface area (TPSA) is 12.9 Å². The molecular weight excluding hydrogens is 410 g/mol. The first kappa shape index (κ1) is 19.0. The Hall–Kier alpha value is -4.49. The third kappa shape index (κ3) is 2.91. The fraction of sp³-hybridized carbons (Fsp3) is 0. The van der Waals surface area contributed by atoms with Crippen LogP contribution in [-0.2, 0) is 0 Å². The van der Waals surface area contributed by atoms with Crippen molar-refractivity contribution in [1.29, 1.82) is 0 Å². The fourth-order valence-electron chi connectivity index (χ4n) is 5.18. The molecule has 0 aliphatic rings. The van der Waals surface area contributed by atoms with E-state index in [4.69, 9.17) is 4.98 Å². The van der Waals surface area contributed by atoms with Gasteiger partial charge in [0.05, 0.1) is 11.0 Å². The molecule has 0 amide bonds. The number of hydrogen-bond donors (Lipinski definition) is 0. The number of rotatable bonds is 2. The first-order valence-corrected chi connectivity index (χ1v) is 11.7. The Balaban J connectivity index is 1.59. The summed E-state index contributed by atoms with van der Waals surface area (Å²) >= 11 is 0. The highest BCUT2D eigenvalue weighted by molar-refractivity contribution is 6.21. The molecule has 1 aromatic heterocycles. The van der Waals surface area contributed by atoms with Crippen LogP contribution in [-0.4, -0.2) is 4.98 Å². The minimum atomic E-state index is 1.06. The first-order valence-electron chi connectivity index (χ1n) is 11.7. The predicted octanol–water partition coefficient (Wildman–Crippen LogP) is 9.03. The summed E-state index contributed by atoms with van der Waals surface area (Å²) in [4.78, 5) is 5.29. The number of aromatic nitrogens is 1. The van der Waals surface area contributed by atoms with Crippen LogP contribution >= 0.6 is 0 Å². The lowest BCUT2D eigenvalue weighted by molar-refractivity contribution is 1.53. The standard InChI is InChI=1S/C33H21N/c1-2-8-22(9-3-1)23-14-16-26(17-15-23)31-29-20-18-24-10-4-6-12-27(24)32(29)34-33-28-13-7-5-11-25(28)19-21-30(31)33/h1-21H. The van der Waals surface area contributed by atoms with E-state index in [1.165, 1.54) is 54.6 Å². The second-order valence-electron chi connectivity index (χ2n) is 8.80. The third-order valence-electron chi connectivity index (χ3n) is 6.84. The van der Waals surface area contributed by atoms with Gasteiger partial charge in [-0.15, -0.1) is 0 Å². The maximum Gasteiger partial charge on any atom is 0.0794 e. The molecule has 0 unspecified atom stereocenters. The van der Waals surface area contributed by atoms with Gasteiger partial charge in [0.15, 0.2) is 0 Å². The second-order valence-corrected chi connectivity index (χ2v) is 8.80. The summed E-state index contributed by atoms with van der Waals surface area (Å²) in [5.41, 5.74) is 7.03. The molecule has 7 aromatic rings. The zero-order valence-electron chi connectivity index (χ0n) is 18.6. The van der Waals surface area contributed by atoms with Crippen molar-refractivity contribution in [3.8, 4) is 22.3 Å². The monoisotopic (exact) mass is 431 g/mol. The first-order chi connectivity index (χ1) is 16.9. The maximum atomic E-state index is 5.29. The van der Waals surface area contributed by atoms with Crippen molar-refractivity contribution in [1.82, 2.24) is 4.98 Å². The Morgan fingerprint density at radius 3 is 1.38 bits per heavy atom. The summed E-state index contributed by atoms with van der Waals surface area (Å²) in [6, 6.07) is 45.5. The van der Waals surface area contributed by atoms with Crippen LogP contribution in [0.3, 0.4) is 0 Å². The molecule has 1 nitrogen and oxygen atoms in total. The molecule has 0 saturated carbocycles. The van der Waals surface area contributed by atoms with Crippen LogP contribution in [0.15, 0.2) is 127 Å². The minimum Gasteiger partial charge on any atom is -0.246 e. The fourth-order valence-corrected chi connectivity index (χ4v) is 5.18. The van der Waals surface area contributed by atoms with E-state index in [0.29, 0.717) is 0 Å². The van der Waals surface area contributed by atoms with E-state index in [1.54, 1.807) is 0 Å². The normalized spacial score (nSPS) is 11.5. The van der Waals surface area contributed by atoms with Gasteiger partial charge in [-0.25, -0.2) is 4.98 Å². The number of nitrogens with zero attached hydrogens (tertiary/aromatic N) is 1. The minimum absolute atomic E-state index is 1.06. The van der Waals surface area contributed by atoms with Gasteiger partial charge in [0.2, 0.25) is 0 Å². The van der Waals surface area contributed by atoms with E-state index in [-0.39, 0.29) is 0 Å². The summed E-state index contributed by atoms with van der Waals surface area (Å²) in [5.74, 6) is 0. The summed E-state index contributed by atoms with van der Waals surface area (Å²) in [6.45, 7) is 0. The smallest absolute Gasteiger partial charge is 0.0794 e. The Kier molecular flexibility index (Phi) is 4.22. The molecule has 0 atom stereocenters. The summed E-state index contributed by atoms with van der Waals surface area (Å²) < 4.78 is 0. The van der Waals surface area contributed by atoms with E-state index >= 15 is 0 Å². The highest BCUT2D eigenvalue weighted by atomic mass is 14.7. The molecule has 0 spiro atoms. The lowest BCUT2D eigenvalue weighted by atomic mass is 9.91. The molecule has 34 heavy (non-hydrogen) atoms. The van der Waals surface area contributed by atoms with E-state index < -0.39 is 0 Å². The zero-order valence-corrected chi connectivity index (χ0v) is 18.6. The van der Waals surface area contributed by atoms with Crippen LogP contribution in [0.5, 0.6) is 0 Å². The molecule has 6 aromatic carbocycles. The lowest BCUT2D eigenvalue weighted by Crippen LogP contribution is -1.92. The lowest BCUT2D eigenvalue weighted by Gasteiger charge is -2.15. The Labute approximate surface area is 197 Å². The van der Waals surface area contributed by atoms with Crippen molar-refractivity contribution in [3.05, 3.63) is 127 Å². The van der Waals surface area contributed by atoms with Gasteiger partial charge in [0.1, 0.15) is 0 Å². The number of benzene rings is 6. The molecule has 0 saturated heterocycles. The highest BCUT2D eigenvalue weighted by Crippen LogP contribution is 2.40. The van der Waals surface area contributed by atoms with Gasteiger partial charge < -0.3 is 0 Å². The summed E-state index contributed by atoms with van der Waals surface area (Å²) in [5, 5.41) is 7.19. The summed E-state index contributed by atoms with van der Waals surface area (Å²) in [6.07, 6.45) is 0. The van der Waals surface area contributed by atoms with Crippen LogP contribution in [0.25, 0.3) is 65.6 Å². The molecule has 0 aliphatic carbocycles. The van der Waals surface area contributed by atoms with Gasteiger partial charge in [0.25, 0.3) is 0 Å². The van der Waals surface area contributed by atoms with Crippen LogP contribution in [0, 0.1) is 0 Å². The zero-order chi connectivity index (χ0) is 22.5. The van der Waals surface area contributed by atoms with Crippen molar-refractivity contribution in [3.63, 3.8) is 0 Å². The van der Waals surface area contributed by atoms with Gasteiger partial charge in [-0.05, 0) is 27.5 Å². The molecule has 7 rings (SSSR count). The van der Waals surface area contributed by atoms with Gasteiger partial charge in [-0.2, -0.15) is 0 Å². The molecule has 1 heteroatoms. The van der Waals surface area contributed by atoms with Gasteiger partial charge in [-0.3, -0.25) is 0 Å². The van der Waals surface area contributed by atoms with Crippen molar-refractivity contribution in [2.45, 2.75) is 0 Å². The van der Waals surface area contributed by atoms with Crippen molar-refractivity contribution < 1.29 is 0 Å². The average Bonchev–Trinajstić information content (AvgIpc) is 2.92. The molecule has 0 N–H and O–H groups in total. The number of pyridine rings is 1. The van der Waals surface area contributed by atoms with Crippen molar-refractivity contribution in [2.24, 2.45) is 0 Å². The van der Waals surface area contributed by atoms with Crippen LogP contribution in [0.1, 0.15) is 0 Å². The Morgan fingerprint density at radius 2 is 0.794 bits per heavy atom. The molecular formula is C33H21N. The molecule has 0 radical (unpaired) electrons. The SMILES string of the molecule is c1ccc(-c2ccc(-c3c4ccc5ccccc5c4nc4c3ccc3ccccc34)cc2)cc1. The largest absolute Gasteiger partial charge is 0.246 e. The summed E-state index contributed by atoms with van der Waals surface area (Å²) in [7, 11) is 0. The highest BCUT2D eigenvalue weighted by Gasteiger charge is 2.15. The predicted molar refractivity (Wildman–Crippen MR) is 145 cm³/mol. The Morgan fingerprint density at radius 1 is 0.324 bits per heavy atom. The molecule has 0 bridgehead atoms.